The van der Waals surface area contributed by atoms with Gasteiger partial charge in [0.1, 0.15) is 0 Å². The number of aryl methyl sites for hydroxylation is 1. The van der Waals surface area contributed by atoms with Gasteiger partial charge >= 0.3 is 0 Å². The maximum Gasteiger partial charge on any atom is 0.0178 e. The Balaban J connectivity index is 2.50. The number of hydrogen-bond acceptors (Lipinski definition) is 1. The van der Waals surface area contributed by atoms with E-state index < -0.39 is 0 Å². The van der Waals surface area contributed by atoms with Crippen LogP contribution in [-0.2, 0) is 6.54 Å². The lowest BCUT2D eigenvalue weighted by Crippen LogP contribution is -1.97. The van der Waals surface area contributed by atoms with E-state index in [4.69, 9.17) is 5.73 Å². The van der Waals surface area contributed by atoms with Crippen molar-refractivity contribution in [1.29, 1.82) is 0 Å². The van der Waals surface area contributed by atoms with E-state index >= 15 is 0 Å². The summed E-state index contributed by atoms with van der Waals surface area (Å²) >= 11 is 3.44. The van der Waals surface area contributed by atoms with Crippen LogP contribution >= 0.6 is 15.9 Å². The summed E-state index contributed by atoms with van der Waals surface area (Å²) in [5.74, 6) is 0. The summed E-state index contributed by atoms with van der Waals surface area (Å²) in [5.41, 5.74) is 10.6. The molecule has 2 rings (SSSR count). The molecule has 0 aliphatic rings. The van der Waals surface area contributed by atoms with Gasteiger partial charge in [0.05, 0.1) is 0 Å². The van der Waals surface area contributed by atoms with E-state index in [1.165, 1.54) is 22.3 Å². The van der Waals surface area contributed by atoms with Crippen LogP contribution in [0.15, 0.2) is 46.9 Å². The average Bonchev–Trinajstić information content (AvgIpc) is 2.31. The van der Waals surface area contributed by atoms with Crippen LogP contribution in [0.25, 0.3) is 11.1 Å². The fourth-order valence-corrected chi connectivity index (χ4v) is 2.00. The van der Waals surface area contributed by atoms with Crippen LogP contribution in [0.3, 0.4) is 0 Å². The van der Waals surface area contributed by atoms with Gasteiger partial charge in [-0.05, 0) is 47.4 Å². The third-order valence-corrected chi connectivity index (χ3v) is 3.22. The summed E-state index contributed by atoms with van der Waals surface area (Å²) in [6, 6.07) is 14.7. The van der Waals surface area contributed by atoms with Crippen molar-refractivity contribution in [1.82, 2.24) is 0 Å². The monoisotopic (exact) mass is 275 g/mol. The zero-order chi connectivity index (χ0) is 11.5. The van der Waals surface area contributed by atoms with E-state index in [0.717, 1.165) is 4.47 Å². The van der Waals surface area contributed by atoms with Crippen molar-refractivity contribution in [3.8, 4) is 11.1 Å². The van der Waals surface area contributed by atoms with Crippen molar-refractivity contribution in [2.75, 3.05) is 0 Å². The van der Waals surface area contributed by atoms with Gasteiger partial charge in [0.2, 0.25) is 0 Å². The molecule has 0 aliphatic heterocycles. The zero-order valence-corrected chi connectivity index (χ0v) is 10.8. The van der Waals surface area contributed by atoms with E-state index in [9.17, 15) is 0 Å². The Bertz CT molecular complexity index is 489. The van der Waals surface area contributed by atoms with Gasteiger partial charge in [0.25, 0.3) is 0 Å². The highest BCUT2D eigenvalue weighted by molar-refractivity contribution is 9.10. The number of hydrogen-bond donors (Lipinski definition) is 1. The van der Waals surface area contributed by atoms with Crippen molar-refractivity contribution in [3.05, 3.63) is 58.1 Å². The lowest BCUT2D eigenvalue weighted by Gasteiger charge is -2.08. The Labute approximate surface area is 104 Å². The number of benzene rings is 2. The lowest BCUT2D eigenvalue weighted by molar-refractivity contribution is 1.07. The Kier molecular flexibility index (Phi) is 3.42. The van der Waals surface area contributed by atoms with Crippen LogP contribution in [0, 0.1) is 6.92 Å². The molecule has 0 radical (unpaired) electrons. The minimum Gasteiger partial charge on any atom is -0.326 e. The SMILES string of the molecule is Cc1ccc(CN)cc1-c1ccc(Br)cc1. The fourth-order valence-electron chi connectivity index (χ4n) is 1.74. The number of rotatable bonds is 2. The van der Waals surface area contributed by atoms with Gasteiger partial charge in [0, 0.05) is 11.0 Å². The first-order chi connectivity index (χ1) is 7.70. The normalized spacial score (nSPS) is 10.4. The first-order valence-electron chi connectivity index (χ1n) is 5.26. The third-order valence-electron chi connectivity index (χ3n) is 2.69. The molecular weight excluding hydrogens is 262 g/mol. The van der Waals surface area contributed by atoms with Gasteiger partial charge in [-0.2, -0.15) is 0 Å². The zero-order valence-electron chi connectivity index (χ0n) is 9.20. The fraction of sp³-hybridized carbons (Fsp3) is 0.143. The molecule has 82 valence electrons. The van der Waals surface area contributed by atoms with E-state index in [1.54, 1.807) is 0 Å². The Morgan fingerprint density at radius 2 is 1.75 bits per heavy atom. The minimum atomic E-state index is 0.587. The predicted molar refractivity (Wildman–Crippen MR) is 72.2 cm³/mol. The molecule has 2 N–H and O–H groups in total. The molecule has 0 aliphatic carbocycles. The van der Waals surface area contributed by atoms with E-state index in [1.807, 2.05) is 0 Å². The van der Waals surface area contributed by atoms with E-state index in [-0.39, 0.29) is 0 Å². The molecule has 0 spiro atoms. The number of nitrogens with two attached hydrogens (primary N) is 1. The van der Waals surface area contributed by atoms with Crippen molar-refractivity contribution in [2.45, 2.75) is 13.5 Å². The molecule has 0 unspecified atom stereocenters. The molecule has 2 aromatic rings. The van der Waals surface area contributed by atoms with Crippen LogP contribution in [0.4, 0.5) is 0 Å². The van der Waals surface area contributed by atoms with Gasteiger partial charge in [-0.15, -0.1) is 0 Å². The molecule has 0 saturated carbocycles. The van der Waals surface area contributed by atoms with E-state index in [0.29, 0.717) is 6.54 Å². The molecule has 0 heterocycles. The Hall–Kier alpha value is -1.12. The second-order valence-corrected chi connectivity index (χ2v) is 4.78. The molecule has 0 bridgehead atoms. The Morgan fingerprint density at radius 1 is 1.06 bits per heavy atom. The van der Waals surface area contributed by atoms with Crippen molar-refractivity contribution in [3.63, 3.8) is 0 Å². The molecule has 0 fully saturated rings. The second kappa shape index (κ2) is 4.81. The molecule has 0 amide bonds. The first-order valence-corrected chi connectivity index (χ1v) is 6.05. The summed E-state index contributed by atoms with van der Waals surface area (Å²) < 4.78 is 1.10. The van der Waals surface area contributed by atoms with Crippen LogP contribution in [0.1, 0.15) is 11.1 Å². The highest BCUT2D eigenvalue weighted by atomic mass is 79.9. The van der Waals surface area contributed by atoms with Crippen LogP contribution in [0.5, 0.6) is 0 Å². The van der Waals surface area contributed by atoms with Crippen LogP contribution < -0.4 is 5.73 Å². The smallest absolute Gasteiger partial charge is 0.0178 e. The van der Waals surface area contributed by atoms with Gasteiger partial charge in [-0.25, -0.2) is 0 Å². The maximum atomic E-state index is 5.66. The van der Waals surface area contributed by atoms with Crippen molar-refractivity contribution >= 4 is 15.9 Å². The number of halogens is 1. The van der Waals surface area contributed by atoms with Gasteiger partial charge in [-0.1, -0.05) is 40.2 Å². The molecule has 2 aromatic carbocycles. The second-order valence-electron chi connectivity index (χ2n) is 3.86. The van der Waals surface area contributed by atoms with Crippen LogP contribution in [-0.4, -0.2) is 0 Å². The molecule has 0 saturated heterocycles. The molecular formula is C14H14BrN. The van der Waals surface area contributed by atoms with Crippen molar-refractivity contribution < 1.29 is 0 Å². The third kappa shape index (κ3) is 2.34. The minimum absolute atomic E-state index is 0.587. The van der Waals surface area contributed by atoms with Gasteiger partial charge in [-0.3, -0.25) is 0 Å². The standard InChI is InChI=1S/C14H14BrN/c1-10-2-3-11(9-16)8-14(10)12-4-6-13(15)7-5-12/h2-8H,9,16H2,1H3. The van der Waals surface area contributed by atoms with Crippen molar-refractivity contribution in [2.24, 2.45) is 5.73 Å². The molecule has 16 heavy (non-hydrogen) atoms. The van der Waals surface area contributed by atoms with Gasteiger partial charge in [0.15, 0.2) is 0 Å². The maximum absolute atomic E-state index is 5.66. The summed E-state index contributed by atoms with van der Waals surface area (Å²) in [6.45, 7) is 2.71. The largest absolute Gasteiger partial charge is 0.326 e. The topological polar surface area (TPSA) is 26.0 Å². The van der Waals surface area contributed by atoms with E-state index in [2.05, 4.69) is 65.3 Å². The molecule has 0 atom stereocenters. The summed E-state index contributed by atoms with van der Waals surface area (Å²) in [7, 11) is 0. The molecule has 2 heteroatoms. The first kappa shape index (κ1) is 11.4. The summed E-state index contributed by atoms with van der Waals surface area (Å²) in [4.78, 5) is 0. The highest BCUT2D eigenvalue weighted by Crippen LogP contribution is 2.25. The molecule has 1 nitrogen and oxygen atoms in total. The summed E-state index contributed by atoms with van der Waals surface area (Å²) in [6.07, 6.45) is 0. The Morgan fingerprint density at radius 3 is 2.38 bits per heavy atom. The van der Waals surface area contributed by atoms with Gasteiger partial charge < -0.3 is 5.73 Å². The summed E-state index contributed by atoms with van der Waals surface area (Å²) in [5, 5.41) is 0. The average molecular weight is 276 g/mol. The predicted octanol–water partition coefficient (Wildman–Crippen LogP) is 3.88. The van der Waals surface area contributed by atoms with Crippen LogP contribution in [0.2, 0.25) is 0 Å². The quantitative estimate of drug-likeness (QED) is 0.885. The molecule has 0 aromatic heterocycles. The highest BCUT2D eigenvalue weighted by Gasteiger charge is 2.02. The lowest BCUT2D eigenvalue weighted by atomic mass is 9.98.